The van der Waals surface area contributed by atoms with Gasteiger partial charge in [0, 0.05) is 31.8 Å². The van der Waals surface area contributed by atoms with Crippen molar-refractivity contribution >= 4 is 32.4 Å². The van der Waals surface area contributed by atoms with Gasteiger partial charge in [0.1, 0.15) is 11.8 Å². The maximum Gasteiger partial charge on any atom is 0.269 e. The maximum absolute atomic E-state index is 14.2. The van der Waals surface area contributed by atoms with Gasteiger partial charge in [-0.15, -0.1) is 0 Å². The summed E-state index contributed by atoms with van der Waals surface area (Å²) in [7, 11) is -2.71. The van der Waals surface area contributed by atoms with Crippen molar-refractivity contribution < 1.29 is 22.9 Å². The van der Waals surface area contributed by atoms with Gasteiger partial charge in [-0.2, -0.15) is 9.57 Å². The zero-order chi connectivity index (χ0) is 29.1. The lowest BCUT2D eigenvalue weighted by atomic mass is 10.1. The second-order valence-corrected chi connectivity index (χ2v) is 11.6. The van der Waals surface area contributed by atoms with E-state index in [0.717, 1.165) is 15.3 Å². The number of rotatable bonds is 9. The van der Waals surface area contributed by atoms with E-state index in [1.54, 1.807) is 47.4 Å². The largest absolute Gasteiger partial charge is 0.497 e. The number of ether oxygens (including phenoxy) is 1. The van der Waals surface area contributed by atoms with Crippen molar-refractivity contribution in [2.45, 2.75) is 30.4 Å². The minimum Gasteiger partial charge on any atom is -0.497 e. The number of nitro benzene ring substituents is 1. The van der Waals surface area contributed by atoms with Crippen LogP contribution in [0.4, 0.5) is 5.69 Å². The number of likely N-dealkylation sites (tertiary alicyclic amines) is 1. The Kier molecular flexibility index (Phi) is 7.70. The van der Waals surface area contributed by atoms with E-state index < -0.39 is 21.0 Å². The lowest BCUT2D eigenvalue weighted by Gasteiger charge is -2.28. The zero-order valence-electron chi connectivity index (χ0n) is 22.1. The number of non-ortho nitro benzene ring substituents is 1. The van der Waals surface area contributed by atoms with Crippen molar-refractivity contribution in [1.82, 2.24) is 9.21 Å². The van der Waals surface area contributed by atoms with Crippen molar-refractivity contribution in [1.29, 1.82) is 5.26 Å². The molecular formula is C30H26N4O6S. The molecule has 11 heteroatoms. The molecule has 1 atom stereocenters. The Hall–Kier alpha value is -4.79. The Morgan fingerprint density at radius 2 is 1.78 bits per heavy atom. The summed E-state index contributed by atoms with van der Waals surface area (Å²) in [5.74, 6) is 0.200. The molecule has 0 unspecified atom stereocenters. The van der Waals surface area contributed by atoms with Gasteiger partial charge in [-0.1, -0.05) is 36.4 Å². The average Bonchev–Trinajstić information content (AvgIpc) is 3.34. The summed E-state index contributed by atoms with van der Waals surface area (Å²) in [6.45, 7) is 0.315. The highest BCUT2D eigenvalue weighted by atomic mass is 32.2. The highest BCUT2D eigenvalue weighted by molar-refractivity contribution is 7.89. The summed E-state index contributed by atoms with van der Waals surface area (Å²) < 4.78 is 34.8. The average molecular weight is 571 g/mol. The first-order valence-corrected chi connectivity index (χ1v) is 14.2. The molecule has 1 fully saturated rings. The monoisotopic (exact) mass is 570 g/mol. The normalized spacial score (nSPS) is 15.3. The molecule has 208 valence electrons. The first kappa shape index (κ1) is 27.8. The first-order chi connectivity index (χ1) is 19.7. The number of amides is 1. The van der Waals surface area contributed by atoms with Crippen LogP contribution >= 0.6 is 0 Å². The molecule has 4 aromatic rings. The van der Waals surface area contributed by atoms with E-state index >= 15 is 0 Å². The molecule has 0 spiro atoms. The van der Waals surface area contributed by atoms with Crippen LogP contribution in [0.15, 0.2) is 89.8 Å². The number of hydrogen-bond acceptors (Lipinski definition) is 7. The molecule has 0 aliphatic carbocycles. The van der Waals surface area contributed by atoms with Gasteiger partial charge >= 0.3 is 0 Å². The van der Waals surface area contributed by atoms with E-state index in [9.17, 15) is 28.6 Å². The maximum atomic E-state index is 14.2. The van der Waals surface area contributed by atoms with Crippen molar-refractivity contribution in [3.8, 4) is 11.8 Å². The summed E-state index contributed by atoms with van der Waals surface area (Å²) in [5.41, 5.74) is 1.44. The topological polar surface area (TPSA) is 134 Å². The fourth-order valence-corrected chi connectivity index (χ4v) is 6.68. The van der Waals surface area contributed by atoms with Crippen LogP contribution < -0.4 is 4.74 Å². The van der Waals surface area contributed by atoms with E-state index in [-0.39, 0.29) is 36.0 Å². The van der Waals surface area contributed by atoms with Crippen LogP contribution in [-0.4, -0.2) is 48.1 Å². The van der Waals surface area contributed by atoms with Crippen molar-refractivity contribution in [2.24, 2.45) is 0 Å². The molecule has 1 aliphatic heterocycles. The van der Waals surface area contributed by atoms with Gasteiger partial charge in [0.05, 0.1) is 28.6 Å². The number of benzene rings is 4. The van der Waals surface area contributed by atoms with Crippen LogP contribution in [-0.2, 0) is 27.9 Å². The summed E-state index contributed by atoms with van der Waals surface area (Å²) in [6, 6.07) is 23.8. The molecule has 0 bridgehead atoms. The quantitative estimate of drug-likeness (QED) is 0.212. The third kappa shape index (κ3) is 5.75. The molecule has 1 amide bonds. The number of carbonyl (C=O) groups is 1. The predicted molar refractivity (Wildman–Crippen MR) is 151 cm³/mol. The molecule has 4 aromatic carbocycles. The number of methoxy groups -OCH3 is 1. The van der Waals surface area contributed by atoms with Crippen LogP contribution in [0, 0.1) is 21.4 Å². The SMILES string of the molecule is COc1ccc2ccc(S(=O)(=O)N(Cc3cccc([N+](=O)[O-])c3)[C@H]3CCN(Cc4cccc(C#N)c4)C3=O)cc2c1. The van der Waals surface area contributed by atoms with Gasteiger partial charge in [0.2, 0.25) is 15.9 Å². The van der Waals surface area contributed by atoms with E-state index in [1.807, 2.05) is 12.1 Å². The Bertz CT molecular complexity index is 1800. The summed E-state index contributed by atoms with van der Waals surface area (Å²) in [4.78, 5) is 26.1. The number of nitrogens with zero attached hydrogens (tertiary/aromatic N) is 4. The molecule has 1 saturated heterocycles. The lowest BCUT2D eigenvalue weighted by Crippen LogP contribution is -2.44. The number of carbonyl (C=O) groups excluding carboxylic acids is 1. The molecule has 0 N–H and O–H groups in total. The Balaban J connectivity index is 1.52. The lowest BCUT2D eigenvalue weighted by molar-refractivity contribution is -0.384. The molecule has 0 saturated carbocycles. The number of nitro groups is 1. The molecule has 10 nitrogen and oxygen atoms in total. The summed E-state index contributed by atoms with van der Waals surface area (Å²) >= 11 is 0. The van der Waals surface area contributed by atoms with E-state index in [2.05, 4.69) is 6.07 Å². The van der Waals surface area contributed by atoms with Gasteiger partial charge in [0.15, 0.2) is 0 Å². The fraction of sp³-hybridized carbons (Fsp3) is 0.200. The Morgan fingerprint density at radius 1 is 1.02 bits per heavy atom. The number of nitriles is 1. The fourth-order valence-electron chi connectivity index (χ4n) is 5.04. The van der Waals surface area contributed by atoms with Crippen LogP contribution in [0.1, 0.15) is 23.1 Å². The van der Waals surface area contributed by atoms with E-state index in [4.69, 9.17) is 4.74 Å². The third-order valence-electron chi connectivity index (χ3n) is 7.13. The molecule has 0 radical (unpaired) electrons. The van der Waals surface area contributed by atoms with Crippen LogP contribution in [0.5, 0.6) is 5.75 Å². The highest BCUT2D eigenvalue weighted by Gasteiger charge is 2.42. The minimum absolute atomic E-state index is 0.00310. The molecule has 0 aromatic heterocycles. The summed E-state index contributed by atoms with van der Waals surface area (Å²) in [6.07, 6.45) is 0.242. The van der Waals surface area contributed by atoms with Gasteiger partial charge in [-0.3, -0.25) is 14.9 Å². The van der Waals surface area contributed by atoms with E-state index in [1.165, 1.54) is 37.4 Å². The van der Waals surface area contributed by atoms with Gasteiger partial charge in [-0.25, -0.2) is 8.42 Å². The standard InChI is InChI=1S/C30H26N4O6S/c1-40-27-10-8-24-9-11-28(17-25(24)16-27)41(38,39)33(20-23-6-3-7-26(15-23)34(36)37)29-12-13-32(30(29)35)19-22-5-2-4-21(14-22)18-31/h2-11,14-17,29H,12-13,19-20H2,1H3/t29-/m0/s1. The van der Waals surface area contributed by atoms with Crippen molar-refractivity contribution in [3.63, 3.8) is 0 Å². The smallest absolute Gasteiger partial charge is 0.269 e. The van der Waals surface area contributed by atoms with Gasteiger partial charge < -0.3 is 9.64 Å². The van der Waals surface area contributed by atoms with Crippen LogP contribution in [0.3, 0.4) is 0 Å². The Labute approximate surface area is 237 Å². The van der Waals surface area contributed by atoms with E-state index in [0.29, 0.717) is 28.8 Å². The van der Waals surface area contributed by atoms with Crippen LogP contribution in [0.2, 0.25) is 0 Å². The van der Waals surface area contributed by atoms with Gasteiger partial charge in [-0.05, 0) is 64.7 Å². The van der Waals surface area contributed by atoms with Gasteiger partial charge in [0.25, 0.3) is 5.69 Å². The minimum atomic E-state index is -4.23. The highest BCUT2D eigenvalue weighted by Crippen LogP contribution is 2.31. The molecule has 1 heterocycles. The summed E-state index contributed by atoms with van der Waals surface area (Å²) in [5, 5.41) is 22.1. The van der Waals surface area contributed by atoms with Crippen molar-refractivity contribution in [3.05, 3.63) is 112 Å². The zero-order valence-corrected chi connectivity index (χ0v) is 23.0. The molecular weight excluding hydrogens is 544 g/mol. The second kappa shape index (κ2) is 11.4. The number of fused-ring (bicyclic) bond motifs is 1. The van der Waals surface area contributed by atoms with Crippen LogP contribution in [0.25, 0.3) is 10.8 Å². The predicted octanol–water partition coefficient (Wildman–Crippen LogP) is 4.62. The molecule has 1 aliphatic rings. The number of sulfonamides is 1. The molecule has 5 rings (SSSR count). The van der Waals surface area contributed by atoms with Crippen molar-refractivity contribution in [2.75, 3.05) is 13.7 Å². The third-order valence-corrected chi connectivity index (χ3v) is 8.98. The molecule has 41 heavy (non-hydrogen) atoms. The number of hydrogen-bond donors (Lipinski definition) is 0. The second-order valence-electron chi connectivity index (χ2n) is 9.73. The first-order valence-electron chi connectivity index (χ1n) is 12.8. The Morgan fingerprint density at radius 3 is 2.54 bits per heavy atom.